The number of nitrogens with zero attached hydrogens (tertiary/aromatic N) is 1. The highest BCUT2D eigenvalue weighted by atomic mass is 32.2. The third-order valence-corrected chi connectivity index (χ3v) is 8.23. The van der Waals surface area contributed by atoms with E-state index in [-0.39, 0.29) is 22.5 Å². The predicted molar refractivity (Wildman–Crippen MR) is 85.0 cm³/mol. The number of morpholine rings is 1. The van der Waals surface area contributed by atoms with Crippen molar-refractivity contribution in [2.24, 2.45) is 0 Å². The number of ether oxygens (including phenoxy) is 1. The van der Waals surface area contributed by atoms with Crippen LogP contribution >= 0.6 is 11.3 Å². The maximum absolute atomic E-state index is 12.3. The van der Waals surface area contributed by atoms with Crippen LogP contribution in [0.4, 0.5) is 0 Å². The summed E-state index contributed by atoms with van der Waals surface area (Å²) in [5.74, 6) is -0.263. The molecule has 0 aromatic carbocycles. The number of hydrogen-bond acceptors (Lipinski definition) is 6. The molecule has 0 spiro atoms. The summed E-state index contributed by atoms with van der Waals surface area (Å²) in [6.07, 6.45) is 0. The van der Waals surface area contributed by atoms with E-state index in [2.05, 4.69) is 4.72 Å². The van der Waals surface area contributed by atoms with Gasteiger partial charge in [-0.3, -0.25) is 0 Å². The van der Waals surface area contributed by atoms with E-state index in [0.29, 0.717) is 19.8 Å². The first-order chi connectivity index (χ1) is 10.2. The van der Waals surface area contributed by atoms with Gasteiger partial charge in [-0.05, 0) is 26.0 Å². The van der Waals surface area contributed by atoms with E-state index in [1.165, 1.54) is 10.4 Å². The lowest BCUT2D eigenvalue weighted by atomic mass is 10.3. The normalized spacial score (nSPS) is 21.1. The first-order valence-corrected chi connectivity index (χ1v) is 10.8. The molecule has 10 heteroatoms. The summed E-state index contributed by atoms with van der Waals surface area (Å²) in [5.41, 5.74) is 0. The Labute approximate surface area is 135 Å². The Morgan fingerprint density at radius 2 is 2.09 bits per heavy atom. The zero-order valence-electron chi connectivity index (χ0n) is 12.5. The van der Waals surface area contributed by atoms with E-state index in [0.717, 1.165) is 16.2 Å². The molecule has 2 heterocycles. The van der Waals surface area contributed by atoms with Crippen molar-refractivity contribution in [3.63, 3.8) is 0 Å². The quantitative estimate of drug-likeness (QED) is 0.784. The molecule has 0 saturated carbocycles. The molecule has 22 heavy (non-hydrogen) atoms. The van der Waals surface area contributed by atoms with Gasteiger partial charge in [-0.25, -0.2) is 21.6 Å². The molecular weight excluding hydrogens is 348 g/mol. The highest BCUT2D eigenvalue weighted by Gasteiger charge is 2.30. The number of aryl methyl sites for hydroxylation is 1. The van der Waals surface area contributed by atoms with Crippen LogP contribution in [0.15, 0.2) is 16.3 Å². The summed E-state index contributed by atoms with van der Waals surface area (Å²) in [5, 5.41) is 0. The Bertz CT molecular complexity index is 711. The molecule has 1 aliphatic heterocycles. The molecule has 1 aliphatic rings. The Morgan fingerprint density at radius 1 is 1.36 bits per heavy atom. The van der Waals surface area contributed by atoms with Crippen LogP contribution < -0.4 is 4.72 Å². The molecule has 1 aromatic rings. The van der Waals surface area contributed by atoms with E-state index in [9.17, 15) is 16.8 Å². The fourth-order valence-corrected chi connectivity index (χ4v) is 6.22. The van der Waals surface area contributed by atoms with Crippen LogP contribution in [0.2, 0.25) is 0 Å². The number of hydrogen-bond donors (Lipinski definition) is 1. The average Bonchev–Trinajstić information content (AvgIpc) is 2.86. The lowest BCUT2D eigenvalue weighted by Crippen LogP contribution is -2.49. The van der Waals surface area contributed by atoms with Gasteiger partial charge in [0.1, 0.15) is 4.21 Å². The zero-order valence-corrected chi connectivity index (χ0v) is 14.9. The Hall–Kier alpha value is -0.520. The summed E-state index contributed by atoms with van der Waals surface area (Å²) in [6.45, 7) is 4.47. The van der Waals surface area contributed by atoms with E-state index in [1.54, 1.807) is 13.0 Å². The lowest BCUT2D eigenvalue weighted by molar-refractivity contribution is 0.0393. The molecular formula is C12H20N2O5S3. The Morgan fingerprint density at radius 3 is 2.68 bits per heavy atom. The molecule has 1 atom stereocenters. The summed E-state index contributed by atoms with van der Waals surface area (Å²) in [6, 6.07) is 3.00. The lowest BCUT2D eigenvalue weighted by Gasteiger charge is -2.32. The van der Waals surface area contributed by atoms with Crippen molar-refractivity contribution in [3.05, 3.63) is 17.0 Å². The standard InChI is InChI=1S/C12H20N2O5S3/c1-10-9-19-7-6-14(10)21(15,16)8-5-13-22(17,18)12-4-3-11(2)20-12/h3-4,10,13H,5-9H2,1-2H3. The minimum atomic E-state index is -3.65. The highest BCUT2D eigenvalue weighted by Crippen LogP contribution is 2.20. The number of nitrogens with one attached hydrogen (secondary N) is 1. The van der Waals surface area contributed by atoms with Crippen LogP contribution in [0.1, 0.15) is 11.8 Å². The third-order valence-electron chi connectivity index (χ3n) is 3.30. The number of sulfonamides is 2. The Balaban J connectivity index is 1.95. The molecule has 0 radical (unpaired) electrons. The van der Waals surface area contributed by atoms with Gasteiger partial charge in [0.25, 0.3) is 0 Å². The van der Waals surface area contributed by atoms with Crippen LogP contribution in [0.5, 0.6) is 0 Å². The molecule has 7 nitrogen and oxygen atoms in total. The van der Waals surface area contributed by atoms with E-state index >= 15 is 0 Å². The van der Waals surface area contributed by atoms with Gasteiger partial charge in [0.05, 0.1) is 19.0 Å². The van der Waals surface area contributed by atoms with Gasteiger partial charge in [-0.1, -0.05) is 0 Å². The van der Waals surface area contributed by atoms with Crippen molar-refractivity contribution in [3.8, 4) is 0 Å². The molecule has 1 saturated heterocycles. The molecule has 2 rings (SSSR count). The highest BCUT2D eigenvalue weighted by molar-refractivity contribution is 7.91. The second-order valence-corrected chi connectivity index (χ2v) is 10.4. The molecule has 0 aliphatic carbocycles. The number of thiophene rings is 1. The van der Waals surface area contributed by atoms with Gasteiger partial charge in [-0.15, -0.1) is 11.3 Å². The van der Waals surface area contributed by atoms with Crippen molar-refractivity contribution < 1.29 is 21.6 Å². The van der Waals surface area contributed by atoms with Crippen LogP contribution in [-0.2, 0) is 24.8 Å². The van der Waals surface area contributed by atoms with Crippen LogP contribution in [-0.4, -0.2) is 59.2 Å². The molecule has 0 amide bonds. The minimum Gasteiger partial charge on any atom is -0.378 e. The largest absolute Gasteiger partial charge is 0.378 e. The molecule has 0 bridgehead atoms. The van der Waals surface area contributed by atoms with Gasteiger partial charge >= 0.3 is 0 Å². The van der Waals surface area contributed by atoms with Crippen molar-refractivity contribution in [2.75, 3.05) is 32.1 Å². The average molecular weight is 369 g/mol. The van der Waals surface area contributed by atoms with Crippen molar-refractivity contribution in [1.29, 1.82) is 0 Å². The van der Waals surface area contributed by atoms with Crippen LogP contribution in [0, 0.1) is 6.92 Å². The SMILES string of the molecule is Cc1ccc(S(=O)(=O)NCCS(=O)(=O)N2CCOCC2C)s1. The molecule has 126 valence electrons. The fraction of sp³-hybridized carbons (Fsp3) is 0.667. The molecule has 1 aromatic heterocycles. The maximum atomic E-state index is 12.3. The smallest absolute Gasteiger partial charge is 0.250 e. The molecule has 1 unspecified atom stereocenters. The Kier molecular flexibility index (Phi) is 5.62. The topological polar surface area (TPSA) is 92.8 Å². The van der Waals surface area contributed by atoms with Crippen LogP contribution in [0.25, 0.3) is 0 Å². The first kappa shape index (κ1) is 17.8. The van der Waals surface area contributed by atoms with E-state index in [1.807, 2.05) is 6.92 Å². The summed E-state index contributed by atoms with van der Waals surface area (Å²) in [4.78, 5) is 0.884. The van der Waals surface area contributed by atoms with E-state index in [4.69, 9.17) is 4.74 Å². The maximum Gasteiger partial charge on any atom is 0.250 e. The fourth-order valence-electron chi connectivity index (χ4n) is 2.18. The van der Waals surface area contributed by atoms with Gasteiger partial charge in [0, 0.05) is 24.0 Å². The minimum absolute atomic E-state index is 0.147. The predicted octanol–water partition coefficient (Wildman–Crippen LogP) is 0.385. The molecule has 1 fully saturated rings. The first-order valence-electron chi connectivity index (χ1n) is 6.86. The van der Waals surface area contributed by atoms with Gasteiger partial charge in [0.15, 0.2) is 0 Å². The van der Waals surface area contributed by atoms with Crippen molar-refractivity contribution >= 4 is 31.4 Å². The van der Waals surface area contributed by atoms with Gasteiger partial charge < -0.3 is 4.74 Å². The second kappa shape index (κ2) is 6.93. The van der Waals surface area contributed by atoms with Crippen molar-refractivity contribution in [1.82, 2.24) is 9.03 Å². The van der Waals surface area contributed by atoms with Crippen LogP contribution in [0.3, 0.4) is 0 Å². The number of rotatable bonds is 6. The third kappa shape index (κ3) is 4.27. The summed E-state index contributed by atoms with van der Waals surface area (Å²) < 4.78 is 57.7. The zero-order chi connectivity index (χ0) is 16.4. The monoisotopic (exact) mass is 368 g/mol. The van der Waals surface area contributed by atoms with Gasteiger partial charge in [0.2, 0.25) is 20.0 Å². The summed E-state index contributed by atoms with van der Waals surface area (Å²) >= 11 is 1.15. The second-order valence-electron chi connectivity index (χ2n) is 5.11. The van der Waals surface area contributed by atoms with Crippen molar-refractivity contribution in [2.45, 2.75) is 24.1 Å². The van der Waals surface area contributed by atoms with E-state index < -0.39 is 20.0 Å². The molecule has 1 N–H and O–H groups in total. The van der Waals surface area contributed by atoms with Gasteiger partial charge in [-0.2, -0.15) is 4.31 Å². The summed E-state index contributed by atoms with van der Waals surface area (Å²) in [7, 11) is -7.15.